The Hall–Kier alpha value is -1.63. The number of rotatable bonds is 5. The zero-order chi connectivity index (χ0) is 15.2. The van der Waals surface area contributed by atoms with Gasteiger partial charge in [0.25, 0.3) is 0 Å². The fraction of sp³-hybridized carbons (Fsp3) is 0.786. The number of nitrogens with one attached hydrogen (secondary N) is 2. The van der Waals surface area contributed by atoms with Crippen LogP contribution in [0.15, 0.2) is 0 Å². The summed E-state index contributed by atoms with van der Waals surface area (Å²) in [7, 11) is 0. The summed E-state index contributed by atoms with van der Waals surface area (Å²) in [5, 5.41) is 14.3. The highest BCUT2D eigenvalue weighted by Crippen LogP contribution is 2.20. The van der Waals surface area contributed by atoms with Gasteiger partial charge in [0.1, 0.15) is 0 Å². The Bertz CT molecular complexity index is 403. The van der Waals surface area contributed by atoms with Crippen molar-refractivity contribution in [2.24, 2.45) is 11.8 Å². The van der Waals surface area contributed by atoms with Crippen molar-refractivity contribution >= 4 is 17.8 Å². The van der Waals surface area contributed by atoms with Crippen LogP contribution in [0.5, 0.6) is 0 Å². The number of carboxylic acids is 1. The third kappa shape index (κ3) is 4.70. The molecule has 2 amide bonds. The second kappa shape index (κ2) is 7.40. The molecule has 7 heteroatoms. The summed E-state index contributed by atoms with van der Waals surface area (Å²) in [4.78, 5) is 35.9. The van der Waals surface area contributed by atoms with Gasteiger partial charge < -0.3 is 20.6 Å². The molecule has 0 radical (unpaired) electrons. The van der Waals surface area contributed by atoms with Crippen molar-refractivity contribution in [3.63, 3.8) is 0 Å². The summed E-state index contributed by atoms with van der Waals surface area (Å²) in [5.74, 6) is -0.517. The third-order valence-corrected chi connectivity index (χ3v) is 4.15. The van der Waals surface area contributed by atoms with Gasteiger partial charge >= 0.3 is 5.97 Å². The van der Waals surface area contributed by atoms with E-state index in [0.29, 0.717) is 38.4 Å². The lowest BCUT2D eigenvalue weighted by molar-refractivity contribution is -0.140. The fourth-order valence-electron chi connectivity index (χ4n) is 3.02. The summed E-state index contributed by atoms with van der Waals surface area (Å²) < 4.78 is 0. The minimum Gasteiger partial charge on any atom is -0.480 e. The lowest BCUT2D eigenvalue weighted by Gasteiger charge is -2.36. The molecule has 2 fully saturated rings. The van der Waals surface area contributed by atoms with Gasteiger partial charge in [-0.3, -0.25) is 14.4 Å². The summed E-state index contributed by atoms with van der Waals surface area (Å²) in [6.07, 6.45) is 3.01. The van der Waals surface area contributed by atoms with E-state index in [9.17, 15) is 14.4 Å². The molecular weight excluding hydrogens is 274 g/mol. The molecular formula is C14H23N3O4. The van der Waals surface area contributed by atoms with Crippen LogP contribution in [0.2, 0.25) is 0 Å². The Labute approximate surface area is 124 Å². The van der Waals surface area contributed by atoms with E-state index in [1.165, 1.54) is 0 Å². The van der Waals surface area contributed by atoms with Crippen molar-refractivity contribution in [2.45, 2.75) is 25.7 Å². The minimum absolute atomic E-state index is 0.0217. The normalized spacial score (nSPS) is 26.3. The second-order valence-corrected chi connectivity index (χ2v) is 5.86. The monoisotopic (exact) mass is 297 g/mol. The minimum atomic E-state index is -0.864. The van der Waals surface area contributed by atoms with Crippen LogP contribution in [0.3, 0.4) is 0 Å². The molecule has 0 bridgehead atoms. The van der Waals surface area contributed by atoms with Gasteiger partial charge in [0.2, 0.25) is 11.8 Å². The first-order chi connectivity index (χ1) is 10.1. The molecule has 2 aliphatic heterocycles. The molecule has 0 aromatic heterocycles. The zero-order valence-corrected chi connectivity index (χ0v) is 12.1. The number of aliphatic carboxylic acids is 1. The summed E-state index contributed by atoms with van der Waals surface area (Å²) in [6.45, 7) is 2.46. The molecule has 0 aromatic rings. The average Bonchev–Trinajstić information content (AvgIpc) is 2.47. The Morgan fingerprint density at radius 2 is 2.19 bits per heavy atom. The van der Waals surface area contributed by atoms with Crippen LogP contribution in [0, 0.1) is 11.8 Å². The Kier molecular flexibility index (Phi) is 5.55. The lowest BCUT2D eigenvalue weighted by atomic mass is 9.93. The molecule has 3 N–H and O–H groups in total. The first-order valence-electron chi connectivity index (χ1n) is 7.54. The topological polar surface area (TPSA) is 98.7 Å². The number of hydrogen-bond donors (Lipinski definition) is 3. The molecule has 0 saturated carbocycles. The number of carbonyl (C=O) groups excluding carboxylic acids is 2. The number of piperidine rings is 2. The van der Waals surface area contributed by atoms with Crippen LogP contribution in [0.4, 0.5) is 0 Å². The smallest absolute Gasteiger partial charge is 0.317 e. The molecule has 2 saturated heterocycles. The van der Waals surface area contributed by atoms with Crippen LogP contribution < -0.4 is 10.6 Å². The quantitative estimate of drug-likeness (QED) is 0.631. The van der Waals surface area contributed by atoms with Crippen LogP contribution in [-0.4, -0.2) is 60.5 Å². The molecule has 7 nitrogen and oxygen atoms in total. The van der Waals surface area contributed by atoms with Crippen molar-refractivity contribution in [3.05, 3.63) is 0 Å². The standard InChI is InChI=1S/C14H23N3O4/c18-12-4-3-11(7-16-12)14(21)17-5-1-2-10(9-17)6-15-8-13(19)20/h10-11,15H,1-9H2,(H,16,18)(H,19,20). The van der Waals surface area contributed by atoms with E-state index < -0.39 is 5.97 Å². The summed E-state index contributed by atoms with van der Waals surface area (Å²) >= 11 is 0. The van der Waals surface area contributed by atoms with Gasteiger partial charge in [0, 0.05) is 32.6 Å². The molecule has 2 atom stereocenters. The third-order valence-electron chi connectivity index (χ3n) is 4.15. The SMILES string of the molecule is O=C(O)CNCC1CCCN(C(=O)C2CCC(=O)NC2)C1. The highest BCUT2D eigenvalue weighted by Gasteiger charge is 2.31. The maximum absolute atomic E-state index is 12.4. The van der Waals surface area contributed by atoms with E-state index in [-0.39, 0.29) is 24.3 Å². The Morgan fingerprint density at radius 3 is 2.86 bits per heavy atom. The molecule has 0 aromatic carbocycles. The van der Waals surface area contributed by atoms with E-state index in [1.54, 1.807) is 0 Å². The Balaban J connectivity index is 1.78. The van der Waals surface area contributed by atoms with Crippen LogP contribution in [0.1, 0.15) is 25.7 Å². The first kappa shape index (κ1) is 15.8. The highest BCUT2D eigenvalue weighted by atomic mass is 16.4. The maximum Gasteiger partial charge on any atom is 0.317 e. The number of carbonyl (C=O) groups is 3. The van der Waals surface area contributed by atoms with Gasteiger partial charge in [0.15, 0.2) is 0 Å². The fourth-order valence-corrected chi connectivity index (χ4v) is 3.02. The van der Waals surface area contributed by atoms with Gasteiger partial charge in [0.05, 0.1) is 12.5 Å². The number of carboxylic acid groups (broad SMARTS) is 1. The van der Waals surface area contributed by atoms with E-state index in [1.807, 2.05) is 4.90 Å². The zero-order valence-electron chi connectivity index (χ0n) is 12.1. The molecule has 2 aliphatic rings. The number of hydrogen-bond acceptors (Lipinski definition) is 4. The lowest BCUT2D eigenvalue weighted by Crippen LogP contribution is -2.49. The molecule has 0 aliphatic carbocycles. The summed E-state index contributed by atoms with van der Waals surface area (Å²) in [5.41, 5.74) is 0. The van der Waals surface area contributed by atoms with E-state index in [0.717, 1.165) is 19.4 Å². The molecule has 2 heterocycles. The molecule has 2 rings (SSSR count). The van der Waals surface area contributed by atoms with Crippen LogP contribution in [-0.2, 0) is 14.4 Å². The Morgan fingerprint density at radius 1 is 1.38 bits per heavy atom. The maximum atomic E-state index is 12.4. The molecule has 0 spiro atoms. The van der Waals surface area contributed by atoms with E-state index >= 15 is 0 Å². The summed E-state index contributed by atoms with van der Waals surface area (Å²) in [6, 6.07) is 0. The molecule has 118 valence electrons. The van der Waals surface area contributed by atoms with Crippen LogP contribution in [0.25, 0.3) is 0 Å². The highest BCUT2D eigenvalue weighted by molar-refractivity contribution is 5.83. The first-order valence-corrected chi connectivity index (χ1v) is 7.54. The molecule has 2 unspecified atom stereocenters. The van der Waals surface area contributed by atoms with Crippen molar-refractivity contribution in [3.8, 4) is 0 Å². The molecule has 21 heavy (non-hydrogen) atoms. The number of nitrogens with zero attached hydrogens (tertiary/aromatic N) is 1. The van der Waals surface area contributed by atoms with Crippen molar-refractivity contribution in [1.82, 2.24) is 15.5 Å². The van der Waals surface area contributed by atoms with Crippen molar-refractivity contribution in [1.29, 1.82) is 0 Å². The van der Waals surface area contributed by atoms with Crippen molar-refractivity contribution < 1.29 is 19.5 Å². The van der Waals surface area contributed by atoms with Gasteiger partial charge in [-0.1, -0.05) is 0 Å². The average molecular weight is 297 g/mol. The predicted molar refractivity (Wildman–Crippen MR) is 75.5 cm³/mol. The largest absolute Gasteiger partial charge is 0.480 e. The number of amides is 2. The van der Waals surface area contributed by atoms with Gasteiger partial charge in [-0.05, 0) is 25.2 Å². The van der Waals surface area contributed by atoms with Crippen molar-refractivity contribution in [2.75, 3.05) is 32.7 Å². The van der Waals surface area contributed by atoms with Gasteiger partial charge in [-0.2, -0.15) is 0 Å². The number of likely N-dealkylation sites (tertiary alicyclic amines) is 1. The second-order valence-electron chi connectivity index (χ2n) is 5.86. The van der Waals surface area contributed by atoms with E-state index in [2.05, 4.69) is 10.6 Å². The van der Waals surface area contributed by atoms with Gasteiger partial charge in [-0.25, -0.2) is 0 Å². The van der Waals surface area contributed by atoms with Crippen LogP contribution >= 0.6 is 0 Å². The van der Waals surface area contributed by atoms with Gasteiger partial charge in [-0.15, -0.1) is 0 Å². The van der Waals surface area contributed by atoms with E-state index in [4.69, 9.17) is 5.11 Å². The predicted octanol–water partition coefficient (Wildman–Crippen LogP) is -0.575.